The van der Waals surface area contributed by atoms with Gasteiger partial charge in [0.25, 0.3) is 0 Å². The van der Waals surface area contributed by atoms with Gasteiger partial charge < -0.3 is 21.9 Å². The molecule has 9 heteroatoms. The number of hydrogen-bond donors (Lipinski definition) is 4. The molecule has 0 fully saturated rings. The highest BCUT2D eigenvalue weighted by Gasteiger charge is 2.32. The lowest BCUT2D eigenvalue weighted by atomic mass is 9.95. The molecule has 0 spiro atoms. The number of Topliss-reactive ketones (excluding diaryl/α,β-unsaturated/α-hetero) is 1. The van der Waals surface area contributed by atoms with Crippen molar-refractivity contribution in [3.63, 3.8) is 0 Å². The quantitative estimate of drug-likeness (QED) is 0.245. The fraction of sp³-hybridized carbons (Fsp3) is 0.267. The molecule has 3 rings (SSSR count). The van der Waals surface area contributed by atoms with Crippen molar-refractivity contribution in [3.8, 4) is 0 Å². The van der Waals surface area contributed by atoms with E-state index in [0.717, 1.165) is 22.3 Å². The molecule has 39 heavy (non-hydrogen) atoms. The molecule has 0 bridgehead atoms. The van der Waals surface area contributed by atoms with Crippen LogP contribution in [0.2, 0.25) is 0 Å². The van der Waals surface area contributed by atoms with Gasteiger partial charge in [-0.25, -0.2) is 4.99 Å². The topological polar surface area (TPSA) is 114 Å². The Labute approximate surface area is 226 Å². The molecule has 2 atom stereocenters. The Morgan fingerprint density at radius 3 is 2.33 bits per heavy atom. The SMILES string of the molecule is CC(CO)NC(c1ccccc1)c1cccc(CCC(=O)C(C=C(N)C(F)(F)F)=Nc2cccc(CN)c2)c1. The smallest absolute Gasteiger partial charge is 0.395 e. The van der Waals surface area contributed by atoms with E-state index in [-0.39, 0.29) is 43.8 Å². The van der Waals surface area contributed by atoms with Crippen molar-refractivity contribution in [1.29, 1.82) is 0 Å². The molecule has 0 radical (unpaired) electrons. The number of aliphatic imine (C=N–C) groups is 1. The third-order valence-corrected chi connectivity index (χ3v) is 6.08. The van der Waals surface area contributed by atoms with E-state index >= 15 is 0 Å². The molecule has 0 aliphatic rings. The molecular weight excluding hydrogens is 505 g/mol. The number of rotatable bonds is 12. The molecule has 0 aromatic heterocycles. The summed E-state index contributed by atoms with van der Waals surface area (Å²) in [6, 6.07) is 23.6. The standard InChI is InChI=1S/C30H33F3N4O2/c1-20(19-38)36-29(23-9-3-2-4-10-23)24-11-5-7-21(15-24)13-14-27(39)26(17-28(35)30(31,32)33)37-25-12-6-8-22(16-25)18-34/h2-12,15-17,20,29,36,38H,13-14,18-19,34-35H2,1H3. The van der Waals surface area contributed by atoms with Gasteiger partial charge >= 0.3 is 6.18 Å². The summed E-state index contributed by atoms with van der Waals surface area (Å²) in [4.78, 5) is 17.3. The summed E-state index contributed by atoms with van der Waals surface area (Å²) in [5.74, 6) is -0.572. The van der Waals surface area contributed by atoms with Crippen LogP contribution in [-0.2, 0) is 17.8 Å². The van der Waals surface area contributed by atoms with Crippen molar-refractivity contribution < 1.29 is 23.1 Å². The molecule has 0 heterocycles. The number of aliphatic hydroxyl groups excluding tert-OH is 1. The van der Waals surface area contributed by atoms with Crippen molar-refractivity contribution in [3.05, 3.63) is 113 Å². The summed E-state index contributed by atoms with van der Waals surface area (Å²) < 4.78 is 39.5. The second-order valence-electron chi connectivity index (χ2n) is 9.23. The van der Waals surface area contributed by atoms with Gasteiger partial charge in [0.15, 0.2) is 5.78 Å². The Kier molecular flexibility index (Phi) is 10.6. The van der Waals surface area contributed by atoms with Gasteiger partial charge in [-0.3, -0.25) is 4.79 Å². The molecule has 6 nitrogen and oxygen atoms in total. The molecule has 0 aliphatic carbocycles. The number of allylic oxidation sites excluding steroid dienone is 2. The van der Waals surface area contributed by atoms with Gasteiger partial charge in [0.05, 0.1) is 18.3 Å². The molecular formula is C30H33F3N4O2. The maximum absolute atomic E-state index is 13.2. The third kappa shape index (κ3) is 8.88. The molecule has 2 unspecified atom stereocenters. The number of halogens is 3. The van der Waals surface area contributed by atoms with Crippen LogP contribution >= 0.6 is 0 Å². The van der Waals surface area contributed by atoms with Crippen LogP contribution in [0.3, 0.4) is 0 Å². The molecule has 0 aliphatic heterocycles. The van der Waals surface area contributed by atoms with E-state index < -0.39 is 17.7 Å². The average molecular weight is 539 g/mol. The first-order valence-electron chi connectivity index (χ1n) is 12.6. The summed E-state index contributed by atoms with van der Waals surface area (Å²) in [6.45, 7) is 2.06. The maximum atomic E-state index is 13.2. The lowest BCUT2D eigenvalue weighted by Gasteiger charge is -2.24. The highest BCUT2D eigenvalue weighted by molar-refractivity contribution is 6.44. The first kappa shape index (κ1) is 29.8. The largest absolute Gasteiger partial charge is 0.430 e. The van der Waals surface area contributed by atoms with E-state index in [2.05, 4.69) is 10.3 Å². The number of carbonyl (C=O) groups is 1. The summed E-state index contributed by atoms with van der Waals surface area (Å²) in [5.41, 5.74) is 12.9. The first-order valence-corrected chi connectivity index (χ1v) is 12.6. The third-order valence-electron chi connectivity index (χ3n) is 6.08. The minimum Gasteiger partial charge on any atom is -0.395 e. The van der Waals surface area contributed by atoms with Crippen LogP contribution in [0.5, 0.6) is 0 Å². The molecule has 3 aromatic rings. The zero-order valence-corrected chi connectivity index (χ0v) is 21.7. The van der Waals surface area contributed by atoms with E-state index in [1.54, 1.807) is 24.3 Å². The van der Waals surface area contributed by atoms with E-state index in [1.807, 2.05) is 61.5 Å². The van der Waals surface area contributed by atoms with Crippen LogP contribution in [0.1, 0.15) is 41.6 Å². The van der Waals surface area contributed by atoms with Gasteiger partial charge in [-0.15, -0.1) is 0 Å². The number of hydrogen-bond acceptors (Lipinski definition) is 6. The van der Waals surface area contributed by atoms with Crippen molar-refractivity contribution >= 4 is 17.2 Å². The van der Waals surface area contributed by atoms with Gasteiger partial charge in [-0.05, 0) is 53.8 Å². The van der Waals surface area contributed by atoms with Crippen LogP contribution in [0, 0.1) is 0 Å². The van der Waals surface area contributed by atoms with Gasteiger partial charge in [0, 0.05) is 19.0 Å². The fourth-order valence-corrected chi connectivity index (χ4v) is 3.98. The van der Waals surface area contributed by atoms with E-state index in [4.69, 9.17) is 11.5 Å². The number of nitrogens with two attached hydrogens (primary N) is 2. The van der Waals surface area contributed by atoms with Crippen LogP contribution in [0.15, 0.2) is 95.6 Å². The van der Waals surface area contributed by atoms with Crippen molar-refractivity contribution in [2.45, 2.75) is 44.6 Å². The molecule has 3 aromatic carbocycles. The Hall–Kier alpha value is -3.79. The molecule has 0 amide bonds. The second-order valence-corrected chi connectivity index (χ2v) is 9.23. The van der Waals surface area contributed by atoms with E-state index in [0.29, 0.717) is 11.8 Å². The van der Waals surface area contributed by atoms with E-state index in [9.17, 15) is 23.1 Å². The number of ketones is 1. The Bertz CT molecular complexity index is 1310. The molecule has 0 saturated heterocycles. The van der Waals surface area contributed by atoms with Gasteiger partial charge in [-0.2, -0.15) is 13.2 Å². The summed E-state index contributed by atoms with van der Waals surface area (Å²) in [6.07, 6.45) is -4.00. The predicted molar refractivity (Wildman–Crippen MR) is 147 cm³/mol. The zero-order chi connectivity index (χ0) is 28.4. The number of benzene rings is 3. The number of carbonyl (C=O) groups excluding carboxylic acids is 1. The molecule has 6 N–H and O–H groups in total. The fourth-order valence-electron chi connectivity index (χ4n) is 3.98. The van der Waals surface area contributed by atoms with Crippen molar-refractivity contribution in [2.75, 3.05) is 6.61 Å². The van der Waals surface area contributed by atoms with Crippen molar-refractivity contribution in [1.82, 2.24) is 5.32 Å². The van der Waals surface area contributed by atoms with Gasteiger partial charge in [0.2, 0.25) is 0 Å². The van der Waals surface area contributed by atoms with Gasteiger partial charge in [0.1, 0.15) is 11.4 Å². The summed E-state index contributed by atoms with van der Waals surface area (Å²) in [7, 11) is 0. The molecule has 206 valence electrons. The second kappa shape index (κ2) is 13.8. The minimum atomic E-state index is -4.79. The van der Waals surface area contributed by atoms with E-state index in [1.165, 1.54) is 0 Å². The lowest BCUT2D eigenvalue weighted by Crippen LogP contribution is -2.33. The number of aryl methyl sites for hydroxylation is 1. The number of nitrogens with one attached hydrogen (secondary N) is 1. The highest BCUT2D eigenvalue weighted by Crippen LogP contribution is 2.25. The van der Waals surface area contributed by atoms with Gasteiger partial charge in [-0.1, -0.05) is 66.7 Å². The van der Waals surface area contributed by atoms with Crippen molar-refractivity contribution in [2.24, 2.45) is 16.5 Å². The Balaban J connectivity index is 1.86. The Morgan fingerprint density at radius 2 is 1.67 bits per heavy atom. The summed E-state index contributed by atoms with van der Waals surface area (Å²) >= 11 is 0. The monoisotopic (exact) mass is 538 g/mol. The lowest BCUT2D eigenvalue weighted by molar-refractivity contribution is -0.112. The number of aliphatic hydroxyl groups is 1. The zero-order valence-electron chi connectivity index (χ0n) is 21.7. The predicted octanol–water partition coefficient (Wildman–Crippen LogP) is 4.88. The normalized spacial score (nSPS) is 14.2. The highest BCUT2D eigenvalue weighted by atomic mass is 19.4. The van der Waals surface area contributed by atoms with Crippen LogP contribution < -0.4 is 16.8 Å². The minimum absolute atomic E-state index is 0.0393. The summed E-state index contributed by atoms with van der Waals surface area (Å²) in [5, 5.41) is 13.0. The Morgan fingerprint density at radius 1 is 1.00 bits per heavy atom. The van der Waals surface area contributed by atoms with Crippen LogP contribution in [-0.4, -0.2) is 35.4 Å². The average Bonchev–Trinajstić information content (AvgIpc) is 2.94. The molecule has 0 saturated carbocycles. The maximum Gasteiger partial charge on any atom is 0.430 e. The first-order chi connectivity index (χ1) is 18.6. The van der Waals surface area contributed by atoms with Crippen LogP contribution in [0.25, 0.3) is 0 Å². The van der Waals surface area contributed by atoms with Crippen LogP contribution in [0.4, 0.5) is 18.9 Å². The number of alkyl halides is 3. The number of nitrogens with zero attached hydrogens (tertiary/aromatic N) is 1.